The molecule has 1 spiro atoms. The van der Waals surface area contributed by atoms with Crippen LogP contribution in [0.15, 0.2) is 48.6 Å². The Labute approximate surface area is 351 Å². The van der Waals surface area contributed by atoms with Crippen molar-refractivity contribution in [3.05, 3.63) is 70.3 Å². The topological polar surface area (TPSA) is 101 Å². The number of rotatable bonds is 6. The van der Waals surface area contributed by atoms with Crippen LogP contribution in [0.5, 0.6) is 5.75 Å². The molecule has 7 aliphatic rings. The Bertz CT molecular complexity index is 1980. The second-order valence-corrected chi connectivity index (χ2v) is 21.1. The lowest BCUT2D eigenvalue weighted by Gasteiger charge is -2.53. The van der Waals surface area contributed by atoms with Crippen molar-refractivity contribution in [2.45, 2.75) is 100 Å². The normalized spacial score (nSPS) is 34.9. The Balaban J connectivity index is 1.12. The molecule has 4 aliphatic heterocycles. The number of nitrogens with one attached hydrogen (secondary N) is 1. The zero-order chi connectivity index (χ0) is 40.1. The number of sulfonamides is 1. The average Bonchev–Trinajstić information content (AvgIpc) is 3.32. The van der Waals surface area contributed by atoms with E-state index in [2.05, 4.69) is 50.6 Å². The van der Waals surface area contributed by atoms with Crippen LogP contribution in [0.1, 0.15) is 93.1 Å². The standard InChI is InChI=1S/C46H63ClN4O6S/c1-3-57-46(30-49-19-20-50-21-22-55-28-38(50)27-49)18-5-7-32(2)43(23-33-8-4-9-33)58(53,54)48-44(52)35-12-16-42-41(25-35)51(26-36-11-14-40(36)46)29-45(31-56-42)17-6-10-34-24-37(47)13-15-39(34)45/h5,12-13,15-16,18,24-25,32-33,36,38,40,43H,3-4,6-11,14,17,19-23,26-31H2,1-2H3,(H,48,52)/b18-5+/t32-,36-,38-,40+,43+,45-,46+/m0/s1. The van der Waals surface area contributed by atoms with Crippen molar-refractivity contribution in [1.82, 2.24) is 14.5 Å². The minimum Gasteiger partial charge on any atom is -0.490 e. The van der Waals surface area contributed by atoms with Crippen LogP contribution < -0.4 is 14.4 Å². The van der Waals surface area contributed by atoms with Crippen LogP contribution in [0, 0.1) is 23.7 Å². The van der Waals surface area contributed by atoms with Gasteiger partial charge in [-0.3, -0.25) is 14.6 Å². The van der Waals surface area contributed by atoms with Crippen LogP contribution in [-0.2, 0) is 31.3 Å². The number of hydrogen-bond acceptors (Lipinski definition) is 9. The summed E-state index contributed by atoms with van der Waals surface area (Å²) in [5, 5.41) is 0.0700. The zero-order valence-electron chi connectivity index (χ0n) is 34.5. The zero-order valence-corrected chi connectivity index (χ0v) is 36.1. The number of fused-ring (bicyclic) bond motifs is 5. The van der Waals surface area contributed by atoms with Gasteiger partial charge in [-0.05, 0) is 117 Å². The quantitative estimate of drug-likeness (QED) is 0.314. The Kier molecular flexibility index (Phi) is 11.7. The highest BCUT2D eigenvalue weighted by Gasteiger charge is 2.51. The summed E-state index contributed by atoms with van der Waals surface area (Å²) in [5.41, 5.74) is 2.95. The van der Waals surface area contributed by atoms with Crippen molar-refractivity contribution in [1.29, 1.82) is 0 Å². The van der Waals surface area contributed by atoms with Gasteiger partial charge in [0, 0.05) is 74.5 Å². The van der Waals surface area contributed by atoms with Crippen LogP contribution in [0.25, 0.3) is 0 Å². The predicted molar refractivity (Wildman–Crippen MR) is 228 cm³/mol. The fourth-order valence-electron chi connectivity index (χ4n) is 11.7. The van der Waals surface area contributed by atoms with E-state index in [1.807, 2.05) is 25.1 Å². The maximum Gasteiger partial charge on any atom is 0.264 e. The molecule has 2 aromatic rings. The van der Waals surface area contributed by atoms with Crippen molar-refractivity contribution in [2.24, 2.45) is 23.7 Å². The van der Waals surface area contributed by atoms with Gasteiger partial charge in [0.05, 0.1) is 30.8 Å². The summed E-state index contributed by atoms with van der Waals surface area (Å²) in [6.07, 6.45) is 14.1. The highest BCUT2D eigenvalue weighted by Crippen LogP contribution is 2.50. The molecule has 2 saturated carbocycles. The van der Waals surface area contributed by atoms with E-state index in [1.54, 1.807) is 6.07 Å². The molecule has 4 heterocycles. The van der Waals surface area contributed by atoms with Gasteiger partial charge in [-0.2, -0.15) is 0 Å². The molecule has 0 unspecified atom stereocenters. The van der Waals surface area contributed by atoms with Gasteiger partial charge in [-0.15, -0.1) is 0 Å². The highest BCUT2D eigenvalue weighted by atomic mass is 35.5. The van der Waals surface area contributed by atoms with Crippen LogP contribution in [0.3, 0.4) is 0 Å². The largest absolute Gasteiger partial charge is 0.490 e. The lowest BCUT2D eigenvalue weighted by Crippen LogP contribution is -2.62. The molecule has 2 bridgehead atoms. The number of morpholine rings is 1. The first kappa shape index (κ1) is 40.7. The lowest BCUT2D eigenvalue weighted by atomic mass is 9.63. The molecule has 10 nitrogen and oxygen atoms in total. The number of benzene rings is 2. The first-order valence-electron chi connectivity index (χ1n) is 22.3. The third-order valence-corrected chi connectivity index (χ3v) is 17.3. The molecular formula is C46H63ClN4O6S. The monoisotopic (exact) mass is 834 g/mol. The van der Waals surface area contributed by atoms with Crippen molar-refractivity contribution < 1.29 is 27.4 Å². The number of allylic oxidation sites excluding steroid dienone is 1. The van der Waals surface area contributed by atoms with E-state index in [4.69, 9.17) is 25.8 Å². The SMILES string of the molecule is CCO[C@@]1(CN2CCN3CCOC[C@@H]3C2)/C=C/C[C@H](C)[C@@H](CC2CCC2)S(=O)(=O)NC(=O)c2ccc3c(c2)N(C[C@@H]2CC[C@H]21)C[C@@]1(CCCc2cc(Cl)ccc21)CO3. The van der Waals surface area contributed by atoms with Gasteiger partial charge in [-0.25, -0.2) is 13.1 Å². The number of carbonyl (C=O) groups is 1. The summed E-state index contributed by atoms with van der Waals surface area (Å²) >= 11 is 6.55. The summed E-state index contributed by atoms with van der Waals surface area (Å²) in [4.78, 5) is 21.7. The average molecular weight is 836 g/mol. The van der Waals surface area contributed by atoms with Crippen LogP contribution in [-0.4, -0.2) is 113 Å². The van der Waals surface area contributed by atoms with Gasteiger partial charge in [0.25, 0.3) is 5.91 Å². The van der Waals surface area contributed by atoms with E-state index >= 15 is 0 Å². The molecule has 1 N–H and O–H groups in total. The molecule has 7 atom stereocenters. The molecule has 58 heavy (non-hydrogen) atoms. The molecule has 316 valence electrons. The number of amides is 1. The molecule has 4 fully saturated rings. The molecule has 2 saturated heterocycles. The van der Waals surface area contributed by atoms with Crippen molar-refractivity contribution in [3.8, 4) is 5.75 Å². The van der Waals surface area contributed by atoms with Gasteiger partial charge in [0.1, 0.15) is 11.4 Å². The molecule has 0 radical (unpaired) electrons. The Morgan fingerprint density at radius 3 is 2.71 bits per heavy atom. The third kappa shape index (κ3) is 7.97. The van der Waals surface area contributed by atoms with Gasteiger partial charge in [-0.1, -0.05) is 56.0 Å². The van der Waals surface area contributed by atoms with Crippen LogP contribution in [0.4, 0.5) is 5.69 Å². The summed E-state index contributed by atoms with van der Waals surface area (Å²) in [7, 11) is -4.00. The number of ether oxygens (including phenoxy) is 3. The summed E-state index contributed by atoms with van der Waals surface area (Å²) < 4.78 is 51.1. The van der Waals surface area contributed by atoms with E-state index in [0.717, 1.165) is 127 Å². The van der Waals surface area contributed by atoms with E-state index in [0.29, 0.717) is 49.5 Å². The van der Waals surface area contributed by atoms with Gasteiger partial charge in [0.2, 0.25) is 10.0 Å². The number of halogens is 1. The van der Waals surface area contributed by atoms with E-state index in [1.165, 1.54) is 11.1 Å². The number of hydrogen-bond donors (Lipinski definition) is 1. The summed E-state index contributed by atoms with van der Waals surface area (Å²) in [6, 6.07) is 12.2. The summed E-state index contributed by atoms with van der Waals surface area (Å²) in [5.74, 6) is 0.925. The Hall–Kier alpha value is -2.67. The maximum atomic E-state index is 14.3. The third-order valence-electron chi connectivity index (χ3n) is 15.2. The van der Waals surface area contributed by atoms with E-state index < -0.39 is 26.8 Å². The van der Waals surface area contributed by atoms with E-state index in [-0.39, 0.29) is 17.3 Å². The predicted octanol–water partition coefficient (Wildman–Crippen LogP) is 6.85. The first-order chi connectivity index (χ1) is 28.0. The minimum absolute atomic E-state index is 0.185. The molecule has 12 heteroatoms. The first-order valence-corrected chi connectivity index (χ1v) is 24.2. The molecule has 1 amide bonds. The lowest BCUT2D eigenvalue weighted by molar-refractivity contribution is -0.121. The smallest absolute Gasteiger partial charge is 0.264 e. The van der Waals surface area contributed by atoms with Crippen molar-refractivity contribution in [2.75, 3.05) is 77.1 Å². The minimum atomic E-state index is -4.00. The second kappa shape index (κ2) is 16.7. The van der Waals surface area contributed by atoms with Gasteiger partial charge >= 0.3 is 0 Å². The van der Waals surface area contributed by atoms with Gasteiger partial charge < -0.3 is 19.1 Å². The second-order valence-electron chi connectivity index (χ2n) is 18.8. The van der Waals surface area contributed by atoms with Crippen LogP contribution in [0.2, 0.25) is 5.02 Å². The molecule has 3 aliphatic carbocycles. The number of carbonyl (C=O) groups excluding carboxylic acids is 1. The molecule has 0 aromatic heterocycles. The highest BCUT2D eigenvalue weighted by molar-refractivity contribution is 7.90. The van der Waals surface area contributed by atoms with Crippen molar-refractivity contribution in [3.63, 3.8) is 0 Å². The number of piperazine rings is 1. The Morgan fingerprint density at radius 2 is 1.91 bits per heavy atom. The fraction of sp³-hybridized carbons (Fsp3) is 0.674. The summed E-state index contributed by atoms with van der Waals surface area (Å²) in [6.45, 7) is 13.1. The van der Waals surface area contributed by atoms with Gasteiger partial charge in [0.15, 0.2) is 0 Å². The van der Waals surface area contributed by atoms with Crippen LogP contribution >= 0.6 is 11.6 Å². The Morgan fingerprint density at radius 1 is 1.03 bits per heavy atom. The maximum absolute atomic E-state index is 14.3. The molecular weight excluding hydrogens is 772 g/mol. The fourth-order valence-corrected chi connectivity index (χ4v) is 13.6. The van der Waals surface area contributed by atoms with Crippen molar-refractivity contribution >= 4 is 33.2 Å². The van der Waals surface area contributed by atoms with E-state index in [9.17, 15) is 13.2 Å². The number of aryl methyl sites for hydroxylation is 1. The molecule has 2 aromatic carbocycles. The molecule has 9 rings (SSSR count). The number of anilines is 1. The number of nitrogens with zero attached hydrogens (tertiary/aromatic N) is 3.